The maximum absolute atomic E-state index is 12.3. The van der Waals surface area contributed by atoms with Crippen LogP contribution in [0.4, 0.5) is 0 Å². The topological polar surface area (TPSA) is 132 Å². The second kappa shape index (κ2) is 6.13. The fraction of sp³-hybridized carbons (Fsp3) is 0.417. The number of rotatable bonds is 6. The van der Waals surface area contributed by atoms with Crippen LogP contribution < -0.4 is 0 Å². The van der Waals surface area contributed by atoms with Gasteiger partial charge in [-0.2, -0.15) is 0 Å². The summed E-state index contributed by atoms with van der Waals surface area (Å²) in [6, 6.07) is 8.04. The molecule has 0 unspecified atom stereocenters. The normalized spacial score (nSPS) is 13.5. The molecule has 4 N–H and O–H groups in total. The highest BCUT2D eigenvalue weighted by molar-refractivity contribution is 7.70. The molecule has 0 aliphatic heterocycles. The van der Waals surface area contributed by atoms with E-state index in [-0.39, 0.29) is 0 Å². The molecule has 0 amide bonds. The molecule has 7 nitrogen and oxygen atoms in total. The third-order valence-corrected chi connectivity index (χ3v) is 6.84. The Hall–Kier alpha value is -0.810. The van der Waals surface area contributed by atoms with Crippen molar-refractivity contribution in [3.63, 3.8) is 0 Å². The van der Waals surface area contributed by atoms with Crippen LogP contribution in [0.5, 0.6) is 0 Å². The van der Waals surface area contributed by atoms with Gasteiger partial charge in [0.15, 0.2) is 11.2 Å². The first kappa shape index (κ1) is 18.2. The SMILES string of the molecule is CC(C)(CC(P(=O)(O)O)P(=O)(O)O)C(=O)c1ccccc1. The van der Waals surface area contributed by atoms with Crippen molar-refractivity contribution in [1.82, 2.24) is 0 Å². The standard InChI is InChI=1S/C12H18O7P2/c1-12(2,11(13)9-6-4-3-5-7-9)8-10(20(14,15)16)21(17,18)19/h3-7,10H,8H2,1-2H3,(H2,14,15,16)(H2,17,18,19). The maximum atomic E-state index is 12.3. The molecular formula is C12H18O7P2. The minimum absolute atomic E-state index is 0.317. The number of hydrogen-bond acceptors (Lipinski definition) is 3. The van der Waals surface area contributed by atoms with Gasteiger partial charge in [0, 0.05) is 11.0 Å². The van der Waals surface area contributed by atoms with Crippen LogP contribution in [0, 0.1) is 5.41 Å². The molecule has 0 aromatic heterocycles. The molecule has 0 aliphatic rings. The van der Waals surface area contributed by atoms with E-state index in [1.807, 2.05) is 0 Å². The molecule has 0 heterocycles. The molecule has 0 aliphatic carbocycles. The Labute approximate surface area is 122 Å². The van der Waals surface area contributed by atoms with Gasteiger partial charge in [0.2, 0.25) is 0 Å². The predicted octanol–water partition coefficient (Wildman–Crippen LogP) is 1.97. The van der Waals surface area contributed by atoms with E-state index in [2.05, 4.69) is 0 Å². The number of benzene rings is 1. The van der Waals surface area contributed by atoms with E-state index in [0.29, 0.717) is 5.56 Å². The van der Waals surface area contributed by atoms with Gasteiger partial charge >= 0.3 is 15.2 Å². The fourth-order valence-corrected chi connectivity index (χ4v) is 4.92. The lowest BCUT2D eigenvalue weighted by Gasteiger charge is -2.29. The maximum Gasteiger partial charge on any atom is 0.340 e. The van der Waals surface area contributed by atoms with Gasteiger partial charge in [0.05, 0.1) is 0 Å². The van der Waals surface area contributed by atoms with Crippen molar-refractivity contribution in [2.24, 2.45) is 5.41 Å². The van der Waals surface area contributed by atoms with Crippen LogP contribution >= 0.6 is 15.2 Å². The Morgan fingerprint density at radius 3 is 1.86 bits per heavy atom. The summed E-state index contributed by atoms with van der Waals surface area (Å²) in [6.07, 6.45) is -0.616. The Morgan fingerprint density at radius 2 is 1.48 bits per heavy atom. The molecule has 1 aromatic carbocycles. The van der Waals surface area contributed by atoms with Crippen LogP contribution in [0.1, 0.15) is 30.6 Å². The summed E-state index contributed by atoms with van der Waals surface area (Å²) in [7, 11) is -10.1. The Bertz CT molecular complexity index is 577. The summed E-state index contributed by atoms with van der Waals surface area (Å²) in [5.41, 5.74) is -1.01. The average Bonchev–Trinajstić information content (AvgIpc) is 2.33. The lowest BCUT2D eigenvalue weighted by Crippen LogP contribution is -2.29. The average molecular weight is 336 g/mol. The van der Waals surface area contributed by atoms with Crippen LogP contribution in [0.25, 0.3) is 0 Å². The second-order valence-electron chi connectivity index (χ2n) is 5.44. The number of ketones is 1. The minimum Gasteiger partial charge on any atom is -0.324 e. The molecule has 0 saturated heterocycles. The first-order valence-corrected chi connectivity index (χ1v) is 9.42. The zero-order valence-electron chi connectivity index (χ0n) is 11.6. The van der Waals surface area contributed by atoms with Crippen LogP contribution in [0.2, 0.25) is 0 Å². The van der Waals surface area contributed by atoms with Gasteiger partial charge in [-0.1, -0.05) is 44.2 Å². The largest absolute Gasteiger partial charge is 0.340 e. The molecule has 1 aromatic rings. The molecule has 0 radical (unpaired) electrons. The van der Waals surface area contributed by atoms with Crippen molar-refractivity contribution in [3.8, 4) is 0 Å². The Morgan fingerprint density at radius 1 is 1.05 bits per heavy atom. The summed E-state index contributed by atoms with van der Waals surface area (Å²) in [5.74, 6) is -0.435. The fourth-order valence-electron chi connectivity index (χ4n) is 1.96. The van der Waals surface area contributed by atoms with E-state index < -0.39 is 38.2 Å². The van der Waals surface area contributed by atoms with Crippen molar-refractivity contribution in [1.29, 1.82) is 0 Å². The molecule has 118 valence electrons. The van der Waals surface area contributed by atoms with Gasteiger partial charge in [-0.25, -0.2) is 0 Å². The lowest BCUT2D eigenvalue weighted by atomic mass is 9.82. The molecular weight excluding hydrogens is 318 g/mol. The van der Waals surface area contributed by atoms with E-state index >= 15 is 0 Å². The minimum atomic E-state index is -5.04. The zero-order valence-corrected chi connectivity index (χ0v) is 13.4. The van der Waals surface area contributed by atoms with E-state index in [4.69, 9.17) is 19.6 Å². The summed E-state index contributed by atoms with van der Waals surface area (Å²) in [6.45, 7) is 2.81. The number of hydrogen-bond donors (Lipinski definition) is 4. The molecule has 0 saturated carbocycles. The quantitative estimate of drug-likeness (QED) is 0.461. The summed E-state index contributed by atoms with van der Waals surface area (Å²) in [5, 5.41) is -2.19. The van der Waals surface area contributed by atoms with Gasteiger partial charge < -0.3 is 19.6 Å². The highest BCUT2D eigenvalue weighted by Gasteiger charge is 2.48. The van der Waals surface area contributed by atoms with E-state index in [0.717, 1.165) is 0 Å². The van der Waals surface area contributed by atoms with Gasteiger partial charge in [0.1, 0.15) is 0 Å². The van der Waals surface area contributed by atoms with Gasteiger partial charge in [-0.15, -0.1) is 0 Å². The van der Waals surface area contributed by atoms with E-state index in [9.17, 15) is 13.9 Å². The second-order valence-corrected chi connectivity index (χ2v) is 9.45. The number of carbonyl (C=O) groups excluding carboxylic acids is 1. The molecule has 0 spiro atoms. The number of carbonyl (C=O) groups is 1. The molecule has 1 rings (SSSR count). The summed E-state index contributed by atoms with van der Waals surface area (Å²) in [4.78, 5) is 48.9. The van der Waals surface area contributed by atoms with Gasteiger partial charge in [-0.05, 0) is 6.42 Å². The van der Waals surface area contributed by atoms with E-state index in [1.165, 1.54) is 26.0 Å². The third kappa shape index (κ3) is 4.85. The molecule has 21 heavy (non-hydrogen) atoms. The van der Waals surface area contributed by atoms with Crippen LogP contribution in [-0.2, 0) is 9.13 Å². The zero-order chi connectivity index (χ0) is 16.5. The van der Waals surface area contributed by atoms with Gasteiger partial charge in [-0.3, -0.25) is 13.9 Å². The highest BCUT2D eigenvalue weighted by atomic mass is 31.2. The molecule has 9 heteroatoms. The van der Waals surface area contributed by atoms with Crippen LogP contribution in [0.15, 0.2) is 30.3 Å². The van der Waals surface area contributed by atoms with Crippen LogP contribution in [0.3, 0.4) is 0 Å². The first-order valence-electron chi connectivity index (χ1n) is 6.06. The molecule has 0 bridgehead atoms. The third-order valence-electron chi connectivity index (χ3n) is 3.12. The van der Waals surface area contributed by atoms with E-state index in [1.54, 1.807) is 18.2 Å². The summed E-state index contributed by atoms with van der Waals surface area (Å²) < 4.78 is 22.6. The first-order chi connectivity index (χ1) is 9.36. The number of Topliss-reactive ketones (excluding diaryl/α,β-unsaturated/α-hetero) is 1. The Balaban J connectivity index is 3.11. The van der Waals surface area contributed by atoms with Crippen molar-refractivity contribution in [2.45, 2.75) is 25.7 Å². The summed E-state index contributed by atoms with van der Waals surface area (Å²) >= 11 is 0. The van der Waals surface area contributed by atoms with Crippen molar-refractivity contribution in [3.05, 3.63) is 35.9 Å². The highest BCUT2D eigenvalue weighted by Crippen LogP contribution is 2.63. The monoisotopic (exact) mass is 336 g/mol. The van der Waals surface area contributed by atoms with Crippen LogP contribution in [-0.4, -0.2) is 30.8 Å². The van der Waals surface area contributed by atoms with Crippen molar-refractivity contribution in [2.75, 3.05) is 0 Å². The molecule has 0 fully saturated rings. The van der Waals surface area contributed by atoms with Gasteiger partial charge in [0.25, 0.3) is 0 Å². The van der Waals surface area contributed by atoms with Crippen molar-refractivity contribution >= 4 is 21.0 Å². The predicted molar refractivity (Wildman–Crippen MR) is 77.0 cm³/mol. The van der Waals surface area contributed by atoms with Crippen molar-refractivity contribution < 1.29 is 33.5 Å². The molecule has 0 atom stereocenters. The lowest BCUT2D eigenvalue weighted by molar-refractivity contribution is 0.0828. The Kier molecular flexibility index (Phi) is 5.32. The smallest absolute Gasteiger partial charge is 0.324 e.